The van der Waals surface area contributed by atoms with Gasteiger partial charge in [0.15, 0.2) is 11.5 Å². The Morgan fingerprint density at radius 3 is 2.60 bits per heavy atom. The van der Waals surface area contributed by atoms with Crippen LogP contribution in [0.4, 0.5) is 0 Å². The first-order valence-corrected chi connectivity index (χ1v) is 10.1. The predicted octanol–water partition coefficient (Wildman–Crippen LogP) is 4.29. The first-order valence-electron chi connectivity index (χ1n) is 10.1. The third-order valence-electron chi connectivity index (χ3n) is 4.90. The molecule has 2 aromatic carbocycles. The summed E-state index contributed by atoms with van der Waals surface area (Å²) in [6, 6.07) is 19.8. The number of benzene rings is 2. The van der Waals surface area contributed by atoms with Gasteiger partial charge in [-0.15, -0.1) is 0 Å². The van der Waals surface area contributed by atoms with E-state index in [4.69, 9.17) is 18.9 Å². The second kappa shape index (κ2) is 10.1. The Bertz CT molecular complexity index is 946. The van der Waals surface area contributed by atoms with E-state index in [1.807, 2.05) is 48.5 Å². The van der Waals surface area contributed by atoms with E-state index in [1.54, 1.807) is 13.3 Å². The van der Waals surface area contributed by atoms with Crippen molar-refractivity contribution in [2.24, 2.45) is 0 Å². The molecule has 3 aromatic rings. The number of nitrogens with zero attached hydrogens (tertiary/aromatic N) is 2. The summed E-state index contributed by atoms with van der Waals surface area (Å²) >= 11 is 0. The molecule has 0 atom stereocenters. The normalized spacial score (nSPS) is 15.2. The molecule has 0 radical (unpaired) electrons. The highest BCUT2D eigenvalue weighted by Gasteiger charge is 2.15. The fourth-order valence-corrected chi connectivity index (χ4v) is 3.34. The molecule has 0 amide bonds. The van der Waals surface area contributed by atoms with Gasteiger partial charge in [0, 0.05) is 31.4 Å². The Kier molecular flexibility index (Phi) is 6.79. The van der Waals surface area contributed by atoms with E-state index in [2.05, 4.69) is 22.0 Å². The Morgan fingerprint density at radius 2 is 1.77 bits per heavy atom. The van der Waals surface area contributed by atoms with Crippen molar-refractivity contribution in [3.63, 3.8) is 0 Å². The van der Waals surface area contributed by atoms with Crippen molar-refractivity contribution in [3.8, 4) is 23.1 Å². The number of fused-ring (bicyclic) bond motifs is 2. The molecule has 0 bridgehead atoms. The van der Waals surface area contributed by atoms with Gasteiger partial charge in [0.1, 0.15) is 12.4 Å². The van der Waals surface area contributed by atoms with E-state index in [9.17, 15) is 0 Å². The third-order valence-corrected chi connectivity index (χ3v) is 4.90. The van der Waals surface area contributed by atoms with Crippen LogP contribution in [0.5, 0.6) is 23.1 Å². The minimum absolute atomic E-state index is 0.466. The number of ether oxygens (including phenoxy) is 4. The fraction of sp³-hybridized carbons (Fsp3) is 0.292. The van der Waals surface area contributed by atoms with Gasteiger partial charge in [-0.05, 0) is 35.9 Å². The second-order valence-electron chi connectivity index (χ2n) is 7.04. The molecule has 1 aliphatic heterocycles. The molecule has 0 aliphatic carbocycles. The number of pyridine rings is 1. The molecule has 0 fully saturated rings. The molecule has 6 heteroatoms. The smallest absolute Gasteiger partial charge is 0.223 e. The first kappa shape index (κ1) is 20.2. The monoisotopic (exact) mass is 406 g/mol. The van der Waals surface area contributed by atoms with Gasteiger partial charge in [-0.25, -0.2) is 4.98 Å². The highest BCUT2D eigenvalue weighted by Crippen LogP contribution is 2.32. The van der Waals surface area contributed by atoms with Crippen LogP contribution in [0.2, 0.25) is 0 Å². The van der Waals surface area contributed by atoms with Gasteiger partial charge in [0.05, 0.1) is 20.3 Å². The van der Waals surface area contributed by atoms with Crippen LogP contribution in [0.15, 0.2) is 66.9 Å². The number of hydrogen-bond acceptors (Lipinski definition) is 6. The average molecular weight is 406 g/mol. The van der Waals surface area contributed by atoms with E-state index in [0.717, 1.165) is 24.4 Å². The van der Waals surface area contributed by atoms with Crippen LogP contribution >= 0.6 is 0 Å². The summed E-state index contributed by atoms with van der Waals surface area (Å²) in [7, 11) is 1.68. The molecule has 6 nitrogen and oxygen atoms in total. The largest absolute Gasteiger partial charge is 0.497 e. The third kappa shape index (κ3) is 5.28. The van der Waals surface area contributed by atoms with Crippen molar-refractivity contribution in [1.82, 2.24) is 9.88 Å². The molecule has 1 aliphatic rings. The average Bonchev–Trinajstić information content (AvgIpc) is 2.79. The standard InChI is InChI=1S/C24H26N2O4/c1-27-21-10-8-19(9-11-21)17-26-13-14-28-15-16-29-22-6-2-3-7-23(22)30-24-20(18-26)5-4-12-25-24/h2-12H,13-18H2,1H3. The van der Waals surface area contributed by atoms with Crippen molar-refractivity contribution >= 4 is 0 Å². The maximum Gasteiger partial charge on any atom is 0.223 e. The molecule has 1 aromatic heterocycles. The lowest BCUT2D eigenvalue weighted by molar-refractivity contribution is 0.0762. The van der Waals surface area contributed by atoms with Crippen LogP contribution in [-0.2, 0) is 17.8 Å². The van der Waals surface area contributed by atoms with Crippen LogP contribution in [0.25, 0.3) is 0 Å². The predicted molar refractivity (Wildman–Crippen MR) is 114 cm³/mol. The zero-order valence-corrected chi connectivity index (χ0v) is 17.1. The van der Waals surface area contributed by atoms with Gasteiger partial charge in [-0.2, -0.15) is 0 Å². The highest BCUT2D eigenvalue weighted by atomic mass is 16.5. The molecule has 30 heavy (non-hydrogen) atoms. The molecule has 0 unspecified atom stereocenters. The van der Waals surface area contributed by atoms with Gasteiger partial charge < -0.3 is 18.9 Å². The number of para-hydroxylation sites is 2. The summed E-state index contributed by atoms with van der Waals surface area (Å²) in [4.78, 5) is 6.81. The highest BCUT2D eigenvalue weighted by molar-refractivity contribution is 5.43. The molecule has 4 rings (SSSR count). The summed E-state index contributed by atoms with van der Waals surface area (Å²) in [6.07, 6.45) is 1.75. The van der Waals surface area contributed by atoms with Crippen molar-refractivity contribution in [3.05, 3.63) is 78.0 Å². The summed E-state index contributed by atoms with van der Waals surface area (Å²) in [6.45, 7) is 3.88. The number of aromatic nitrogens is 1. The lowest BCUT2D eigenvalue weighted by Gasteiger charge is -2.23. The molecular formula is C24H26N2O4. The number of rotatable bonds is 3. The molecule has 0 saturated carbocycles. The van der Waals surface area contributed by atoms with Crippen molar-refractivity contribution in [2.75, 3.05) is 33.5 Å². The van der Waals surface area contributed by atoms with Crippen molar-refractivity contribution < 1.29 is 18.9 Å². The topological polar surface area (TPSA) is 53.1 Å². The van der Waals surface area contributed by atoms with Gasteiger partial charge in [0.2, 0.25) is 5.88 Å². The summed E-state index contributed by atoms with van der Waals surface area (Å²) < 4.78 is 23.1. The molecule has 0 spiro atoms. The number of methoxy groups -OCH3 is 1. The van der Waals surface area contributed by atoms with Gasteiger partial charge >= 0.3 is 0 Å². The SMILES string of the molecule is COc1ccc(CN2CCOCCOc3ccccc3Oc3ncccc3C2)cc1. The van der Waals surface area contributed by atoms with Crippen molar-refractivity contribution in [2.45, 2.75) is 13.1 Å². The summed E-state index contributed by atoms with van der Waals surface area (Å²) in [5.41, 5.74) is 2.22. The summed E-state index contributed by atoms with van der Waals surface area (Å²) in [5, 5.41) is 0. The first-order chi connectivity index (χ1) is 14.8. The van der Waals surface area contributed by atoms with Crippen LogP contribution in [0, 0.1) is 0 Å². The molecule has 0 N–H and O–H groups in total. The maximum atomic E-state index is 6.16. The number of hydrogen-bond donors (Lipinski definition) is 0. The maximum absolute atomic E-state index is 6.16. The zero-order chi connectivity index (χ0) is 20.6. The van der Waals surface area contributed by atoms with Crippen molar-refractivity contribution in [1.29, 1.82) is 0 Å². The van der Waals surface area contributed by atoms with Crippen LogP contribution in [0.1, 0.15) is 11.1 Å². The summed E-state index contributed by atoms with van der Waals surface area (Å²) in [5.74, 6) is 2.78. The zero-order valence-electron chi connectivity index (χ0n) is 17.1. The van der Waals surface area contributed by atoms with E-state index in [0.29, 0.717) is 43.7 Å². The minimum Gasteiger partial charge on any atom is -0.497 e. The van der Waals surface area contributed by atoms with E-state index in [-0.39, 0.29) is 0 Å². The van der Waals surface area contributed by atoms with E-state index < -0.39 is 0 Å². The molecule has 0 saturated heterocycles. The Morgan fingerprint density at radius 1 is 0.933 bits per heavy atom. The van der Waals surface area contributed by atoms with E-state index in [1.165, 1.54) is 5.56 Å². The Labute approximate surface area is 177 Å². The Balaban J connectivity index is 1.58. The molecule has 156 valence electrons. The van der Waals surface area contributed by atoms with Crippen LogP contribution in [0.3, 0.4) is 0 Å². The molecular weight excluding hydrogens is 380 g/mol. The minimum atomic E-state index is 0.466. The lowest BCUT2D eigenvalue weighted by atomic mass is 10.2. The fourth-order valence-electron chi connectivity index (χ4n) is 3.34. The molecule has 2 heterocycles. The van der Waals surface area contributed by atoms with Gasteiger partial charge in [-0.1, -0.05) is 30.3 Å². The van der Waals surface area contributed by atoms with Gasteiger partial charge in [-0.3, -0.25) is 4.90 Å². The quantitative estimate of drug-likeness (QED) is 0.647. The second-order valence-corrected chi connectivity index (χ2v) is 7.04. The van der Waals surface area contributed by atoms with Crippen LogP contribution in [-0.4, -0.2) is 43.4 Å². The van der Waals surface area contributed by atoms with E-state index >= 15 is 0 Å². The van der Waals surface area contributed by atoms with Gasteiger partial charge in [0.25, 0.3) is 0 Å². The lowest BCUT2D eigenvalue weighted by Crippen LogP contribution is -2.27. The Hall–Kier alpha value is -3.09. The van der Waals surface area contributed by atoms with Crippen LogP contribution < -0.4 is 14.2 Å².